The molecular formula is C19H22Cl2N2O2. The van der Waals surface area contributed by atoms with E-state index in [2.05, 4.69) is 16.3 Å². The predicted octanol–water partition coefficient (Wildman–Crippen LogP) is 4.01. The molecule has 2 aromatic carbocycles. The highest BCUT2D eigenvalue weighted by Gasteiger charge is 2.29. The van der Waals surface area contributed by atoms with E-state index in [9.17, 15) is 0 Å². The Morgan fingerprint density at radius 2 is 1.76 bits per heavy atom. The fourth-order valence-corrected chi connectivity index (χ4v) is 3.86. The van der Waals surface area contributed by atoms with Crippen LogP contribution < -0.4 is 14.8 Å². The normalized spacial score (nSPS) is 16.5. The van der Waals surface area contributed by atoms with E-state index >= 15 is 0 Å². The van der Waals surface area contributed by atoms with Crippen LogP contribution in [0.5, 0.6) is 11.5 Å². The summed E-state index contributed by atoms with van der Waals surface area (Å²) in [5.74, 6) is 1.45. The van der Waals surface area contributed by atoms with E-state index in [0.29, 0.717) is 15.8 Å². The number of halogens is 2. The number of nitrogens with zero attached hydrogens (tertiary/aromatic N) is 1. The molecule has 0 spiro atoms. The van der Waals surface area contributed by atoms with Crippen LogP contribution >= 0.6 is 23.2 Å². The molecule has 134 valence electrons. The van der Waals surface area contributed by atoms with Crippen molar-refractivity contribution in [3.63, 3.8) is 0 Å². The maximum Gasteiger partial charge on any atom is 0.165 e. The van der Waals surface area contributed by atoms with E-state index in [-0.39, 0.29) is 6.04 Å². The lowest BCUT2D eigenvalue weighted by Crippen LogP contribution is -2.45. The lowest BCUT2D eigenvalue weighted by molar-refractivity contribution is 0.194. The zero-order valence-corrected chi connectivity index (χ0v) is 15.9. The largest absolute Gasteiger partial charge is 0.493 e. The Hall–Kier alpha value is -1.46. The quantitative estimate of drug-likeness (QED) is 0.849. The average molecular weight is 381 g/mol. The summed E-state index contributed by atoms with van der Waals surface area (Å²) in [6.45, 7) is 3.72. The number of benzene rings is 2. The van der Waals surface area contributed by atoms with Crippen molar-refractivity contribution in [2.75, 3.05) is 40.4 Å². The topological polar surface area (TPSA) is 33.7 Å². The van der Waals surface area contributed by atoms with Gasteiger partial charge in [-0.2, -0.15) is 0 Å². The second-order valence-corrected chi connectivity index (χ2v) is 6.78. The molecule has 0 amide bonds. The van der Waals surface area contributed by atoms with Crippen LogP contribution in [0, 0.1) is 0 Å². The monoisotopic (exact) mass is 380 g/mol. The molecule has 1 aliphatic rings. The maximum atomic E-state index is 6.56. The van der Waals surface area contributed by atoms with Crippen molar-refractivity contribution >= 4 is 23.2 Å². The number of hydrogen-bond acceptors (Lipinski definition) is 4. The van der Waals surface area contributed by atoms with Gasteiger partial charge in [0.2, 0.25) is 0 Å². The van der Waals surface area contributed by atoms with Gasteiger partial charge in [-0.15, -0.1) is 0 Å². The van der Waals surface area contributed by atoms with Crippen LogP contribution in [0.15, 0.2) is 36.4 Å². The Bertz CT molecular complexity index is 733. The van der Waals surface area contributed by atoms with Gasteiger partial charge in [0.1, 0.15) is 0 Å². The number of para-hydroxylation sites is 1. The van der Waals surface area contributed by atoms with Gasteiger partial charge in [0.25, 0.3) is 0 Å². The number of rotatable bonds is 5. The van der Waals surface area contributed by atoms with E-state index in [1.165, 1.54) is 0 Å². The predicted molar refractivity (Wildman–Crippen MR) is 102 cm³/mol. The molecule has 2 aromatic rings. The minimum atomic E-state index is -0.0306. The summed E-state index contributed by atoms with van der Waals surface area (Å²) >= 11 is 12.7. The average Bonchev–Trinajstić information content (AvgIpc) is 2.64. The highest BCUT2D eigenvalue weighted by Crippen LogP contribution is 2.42. The van der Waals surface area contributed by atoms with Crippen LogP contribution in [0.3, 0.4) is 0 Å². The molecule has 1 unspecified atom stereocenters. The molecule has 6 heteroatoms. The number of ether oxygens (including phenoxy) is 2. The van der Waals surface area contributed by atoms with Crippen LogP contribution in [0.4, 0.5) is 0 Å². The van der Waals surface area contributed by atoms with Gasteiger partial charge < -0.3 is 14.8 Å². The van der Waals surface area contributed by atoms with Crippen LogP contribution in [-0.4, -0.2) is 45.3 Å². The third-order valence-electron chi connectivity index (χ3n) is 4.50. The Morgan fingerprint density at radius 1 is 1.00 bits per heavy atom. The van der Waals surface area contributed by atoms with Gasteiger partial charge in [-0.05, 0) is 23.8 Å². The highest BCUT2D eigenvalue weighted by atomic mass is 35.5. The Balaban J connectivity index is 2.14. The van der Waals surface area contributed by atoms with Gasteiger partial charge in [-0.1, -0.05) is 41.4 Å². The lowest BCUT2D eigenvalue weighted by Gasteiger charge is -2.36. The van der Waals surface area contributed by atoms with Crippen molar-refractivity contribution in [1.82, 2.24) is 10.2 Å². The smallest absolute Gasteiger partial charge is 0.165 e. The summed E-state index contributed by atoms with van der Waals surface area (Å²) in [4.78, 5) is 2.41. The van der Waals surface area contributed by atoms with Crippen molar-refractivity contribution < 1.29 is 9.47 Å². The van der Waals surface area contributed by atoms with Gasteiger partial charge in [0, 0.05) is 41.8 Å². The first-order chi connectivity index (χ1) is 12.2. The summed E-state index contributed by atoms with van der Waals surface area (Å²) in [5, 5.41) is 4.68. The number of methoxy groups -OCH3 is 2. The van der Waals surface area contributed by atoms with Crippen LogP contribution in [0.25, 0.3) is 0 Å². The maximum absolute atomic E-state index is 6.56. The van der Waals surface area contributed by atoms with Crippen LogP contribution in [0.2, 0.25) is 10.0 Å². The van der Waals surface area contributed by atoms with Crippen molar-refractivity contribution in [3.05, 3.63) is 57.6 Å². The molecule has 0 saturated carbocycles. The summed E-state index contributed by atoms with van der Waals surface area (Å²) in [6.07, 6.45) is 0. The third kappa shape index (κ3) is 3.87. The summed E-state index contributed by atoms with van der Waals surface area (Å²) in [7, 11) is 3.32. The first-order valence-corrected chi connectivity index (χ1v) is 9.02. The summed E-state index contributed by atoms with van der Waals surface area (Å²) < 4.78 is 11.2. The highest BCUT2D eigenvalue weighted by molar-refractivity contribution is 6.35. The Kier molecular flexibility index (Phi) is 6.07. The number of nitrogens with one attached hydrogen (secondary N) is 1. The molecule has 1 saturated heterocycles. The van der Waals surface area contributed by atoms with Gasteiger partial charge in [0.05, 0.1) is 20.3 Å². The second kappa shape index (κ2) is 8.28. The molecule has 1 aliphatic heterocycles. The van der Waals surface area contributed by atoms with Gasteiger partial charge in [-0.3, -0.25) is 4.90 Å². The third-order valence-corrected chi connectivity index (χ3v) is 5.06. The molecule has 0 aromatic heterocycles. The number of piperazine rings is 1. The SMILES string of the molecule is COc1cccc(C(c2ccc(Cl)cc2Cl)N2CCNCC2)c1OC. The molecule has 1 N–H and O–H groups in total. The van der Waals surface area contributed by atoms with Crippen LogP contribution in [-0.2, 0) is 0 Å². The summed E-state index contributed by atoms with van der Waals surface area (Å²) in [5.41, 5.74) is 2.05. The zero-order chi connectivity index (χ0) is 17.8. The van der Waals surface area contributed by atoms with Crippen LogP contribution in [0.1, 0.15) is 17.2 Å². The molecule has 0 bridgehead atoms. The first-order valence-electron chi connectivity index (χ1n) is 8.26. The standard InChI is InChI=1S/C19H22Cl2N2O2/c1-24-17-5-3-4-15(19(17)25-2)18(23-10-8-22-9-11-23)14-7-6-13(20)12-16(14)21/h3-7,12,18,22H,8-11H2,1-2H3. The molecule has 1 fully saturated rings. The first kappa shape index (κ1) is 18.3. The minimum Gasteiger partial charge on any atom is -0.493 e. The van der Waals surface area contributed by atoms with Crippen molar-refractivity contribution in [3.8, 4) is 11.5 Å². The Labute approximate surface area is 158 Å². The summed E-state index contributed by atoms with van der Waals surface area (Å²) in [6, 6.07) is 11.6. The number of hydrogen-bond donors (Lipinski definition) is 1. The van der Waals surface area contributed by atoms with E-state index < -0.39 is 0 Å². The molecule has 3 rings (SSSR count). The van der Waals surface area contributed by atoms with Crippen molar-refractivity contribution in [2.45, 2.75) is 6.04 Å². The van der Waals surface area contributed by atoms with Gasteiger partial charge >= 0.3 is 0 Å². The minimum absolute atomic E-state index is 0.0306. The van der Waals surface area contributed by atoms with Crippen molar-refractivity contribution in [1.29, 1.82) is 0 Å². The van der Waals surface area contributed by atoms with Gasteiger partial charge in [0.15, 0.2) is 11.5 Å². The fourth-order valence-electron chi connectivity index (χ4n) is 3.35. The fraction of sp³-hybridized carbons (Fsp3) is 0.368. The van der Waals surface area contributed by atoms with E-state index in [4.69, 9.17) is 32.7 Å². The van der Waals surface area contributed by atoms with Crippen molar-refractivity contribution in [2.24, 2.45) is 0 Å². The second-order valence-electron chi connectivity index (χ2n) is 5.94. The van der Waals surface area contributed by atoms with Gasteiger partial charge in [-0.25, -0.2) is 0 Å². The van der Waals surface area contributed by atoms with E-state index in [1.54, 1.807) is 20.3 Å². The molecular weight excluding hydrogens is 359 g/mol. The molecule has 25 heavy (non-hydrogen) atoms. The zero-order valence-electron chi connectivity index (χ0n) is 14.4. The molecule has 0 aliphatic carbocycles. The lowest BCUT2D eigenvalue weighted by atomic mass is 9.95. The molecule has 1 heterocycles. The van der Waals surface area contributed by atoms with E-state index in [0.717, 1.165) is 43.1 Å². The molecule has 4 nitrogen and oxygen atoms in total. The molecule has 0 radical (unpaired) electrons. The van der Waals surface area contributed by atoms with E-state index in [1.807, 2.05) is 24.3 Å². The molecule has 1 atom stereocenters. The Morgan fingerprint density at radius 3 is 2.40 bits per heavy atom.